The van der Waals surface area contributed by atoms with Gasteiger partial charge in [-0.3, -0.25) is 4.55 Å². The van der Waals surface area contributed by atoms with Crippen LogP contribution >= 0.6 is 0 Å². The van der Waals surface area contributed by atoms with Gasteiger partial charge in [-0.2, -0.15) is 13.3 Å². The predicted octanol–water partition coefficient (Wildman–Crippen LogP) is 1.64. The van der Waals surface area contributed by atoms with Crippen molar-refractivity contribution in [3.8, 4) is 0 Å². The first-order valence-electron chi connectivity index (χ1n) is 7.28. The summed E-state index contributed by atoms with van der Waals surface area (Å²) >= 11 is 0. The summed E-state index contributed by atoms with van der Waals surface area (Å²) in [6.45, 7) is 0. The molecule has 1 aromatic carbocycles. The second kappa shape index (κ2) is 6.50. The SMILES string of the molecule is N=C1C=CC(NNc2ccc(S(=O)(=O)O)cc2)=C2C1=CC=CC2=[N+]([O-])[O-]. The summed E-state index contributed by atoms with van der Waals surface area (Å²) in [6.07, 6.45) is 7.54. The third-order valence-corrected chi connectivity index (χ3v) is 4.58. The van der Waals surface area contributed by atoms with Gasteiger partial charge >= 0.3 is 0 Å². The van der Waals surface area contributed by atoms with Gasteiger partial charge in [-0.15, -0.1) is 0 Å². The van der Waals surface area contributed by atoms with Crippen LogP contribution in [0.2, 0.25) is 0 Å². The van der Waals surface area contributed by atoms with Crippen LogP contribution in [0.1, 0.15) is 0 Å². The zero-order chi connectivity index (χ0) is 18.9. The van der Waals surface area contributed by atoms with Gasteiger partial charge in [0.25, 0.3) is 10.1 Å². The highest BCUT2D eigenvalue weighted by Crippen LogP contribution is 2.26. The Hall–Kier alpha value is -3.37. The van der Waals surface area contributed by atoms with E-state index in [1.165, 1.54) is 48.6 Å². The summed E-state index contributed by atoms with van der Waals surface area (Å²) in [4.78, 5) is -0.767. The van der Waals surface area contributed by atoms with Crippen LogP contribution in [0, 0.1) is 15.8 Å². The molecular weight excluding hydrogens is 360 g/mol. The molecule has 0 fully saturated rings. The first kappa shape index (κ1) is 17.5. The minimum Gasteiger partial charge on any atom is -0.612 e. The molecule has 0 bridgehead atoms. The zero-order valence-electron chi connectivity index (χ0n) is 13.1. The fourth-order valence-electron chi connectivity index (χ4n) is 2.49. The van der Waals surface area contributed by atoms with E-state index in [1.807, 2.05) is 0 Å². The van der Waals surface area contributed by atoms with E-state index < -0.39 is 15.0 Å². The van der Waals surface area contributed by atoms with E-state index in [9.17, 15) is 18.8 Å². The molecule has 0 aromatic heterocycles. The van der Waals surface area contributed by atoms with E-state index >= 15 is 0 Å². The maximum absolute atomic E-state index is 11.3. The van der Waals surface area contributed by atoms with Gasteiger partial charge in [0.1, 0.15) is 0 Å². The Kier molecular flexibility index (Phi) is 4.36. The molecule has 0 heterocycles. The molecule has 26 heavy (non-hydrogen) atoms. The standard InChI is InChI=1S/C16H13N4O5S/c17-13-8-9-14(16-12(13)2-1-3-15(16)20(21)22)19-18-10-4-6-11(7-5-10)26(23,24)25/h1-9,17-19H,(H-,21,22,23,24,25)/q-1. The average molecular weight is 373 g/mol. The summed E-state index contributed by atoms with van der Waals surface area (Å²) < 4.78 is 31.1. The molecule has 0 saturated carbocycles. The van der Waals surface area contributed by atoms with Crippen LogP contribution in [0.5, 0.6) is 0 Å². The van der Waals surface area contributed by atoms with Crippen molar-refractivity contribution in [1.29, 1.82) is 5.41 Å². The highest BCUT2D eigenvalue weighted by molar-refractivity contribution is 7.85. The molecule has 9 nitrogen and oxygen atoms in total. The Balaban J connectivity index is 1.89. The summed E-state index contributed by atoms with van der Waals surface area (Å²) in [5, 5.41) is 30.5. The minimum atomic E-state index is -4.28. The lowest BCUT2D eigenvalue weighted by molar-refractivity contribution is -0.377. The van der Waals surface area contributed by atoms with Gasteiger partial charge in [-0.25, -0.2) is 0 Å². The van der Waals surface area contributed by atoms with Crippen LogP contribution in [-0.4, -0.2) is 29.3 Å². The maximum Gasteiger partial charge on any atom is 0.294 e. The zero-order valence-corrected chi connectivity index (χ0v) is 13.9. The van der Waals surface area contributed by atoms with Gasteiger partial charge in [-0.1, -0.05) is 12.2 Å². The fraction of sp³-hybridized carbons (Fsp3) is 0. The van der Waals surface area contributed by atoms with E-state index in [0.29, 0.717) is 17.0 Å². The average Bonchev–Trinajstić information content (AvgIpc) is 2.60. The first-order valence-corrected chi connectivity index (χ1v) is 8.72. The van der Waals surface area contributed by atoms with E-state index in [-0.39, 0.29) is 21.9 Å². The van der Waals surface area contributed by atoms with Crippen molar-refractivity contribution in [1.82, 2.24) is 5.43 Å². The number of hydrogen-bond donors (Lipinski definition) is 4. The van der Waals surface area contributed by atoms with Crippen LogP contribution in [0.15, 0.2) is 76.4 Å². The van der Waals surface area contributed by atoms with Gasteiger partial charge in [0.05, 0.1) is 27.6 Å². The molecule has 10 heteroatoms. The quantitative estimate of drug-likeness (QED) is 0.356. The maximum atomic E-state index is 11.3. The van der Waals surface area contributed by atoms with E-state index in [4.69, 9.17) is 9.96 Å². The van der Waals surface area contributed by atoms with Crippen LogP contribution in [0.4, 0.5) is 5.69 Å². The molecule has 1 aromatic rings. The molecule has 0 atom stereocenters. The second-order valence-electron chi connectivity index (χ2n) is 5.37. The third kappa shape index (κ3) is 3.36. The number of benzene rings is 1. The van der Waals surface area contributed by atoms with Gasteiger partial charge in [-0.05, 0) is 36.4 Å². The third-order valence-electron chi connectivity index (χ3n) is 3.71. The number of hydrogen-bond acceptors (Lipinski definition) is 7. The van der Waals surface area contributed by atoms with Crippen LogP contribution in [0.3, 0.4) is 0 Å². The van der Waals surface area contributed by atoms with E-state index in [2.05, 4.69) is 10.9 Å². The summed E-state index contributed by atoms with van der Waals surface area (Å²) in [6, 6.07) is 5.27. The molecule has 0 unspecified atom stereocenters. The summed E-state index contributed by atoms with van der Waals surface area (Å²) in [5.74, 6) is 0. The highest BCUT2D eigenvalue weighted by Gasteiger charge is 2.27. The molecule has 3 rings (SSSR count). The Labute approximate surface area is 148 Å². The summed E-state index contributed by atoms with van der Waals surface area (Å²) in [5.41, 5.74) is 7.23. The number of fused-ring (bicyclic) bond motifs is 1. The topological polar surface area (TPSA) is 151 Å². The monoisotopic (exact) mass is 373 g/mol. The molecule has 134 valence electrons. The van der Waals surface area contributed by atoms with Gasteiger partial charge in [0.2, 0.25) is 5.71 Å². The molecule has 2 aliphatic carbocycles. The van der Waals surface area contributed by atoms with Crippen molar-refractivity contribution in [2.45, 2.75) is 4.90 Å². The Morgan fingerprint density at radius 2 is 1.73 bits per heavy atom. The van der Waals surface area contributed by atoms with Crippen molar-refractivity contribution in [2.75, 3.05) is 5.43 Å². The van der Waals surface area contributed by atoms with Crippen molar-refractivity contribution in [3.63, 3.8) is 0 Å². The fourth-order valence-corrected chi connectivity index (χ4v) is 2.97. The summed E-state index contributed by atoms with van der Waals surface area (Å²) in [7, 11) is -4.28. The normalized spacial score (nSPS) is 16.3. The first-order chi connectivity index (χ1) is 12.3. The Morgan fingerprint density at radius 1 is 1.04 bits per heavy atom. The molecule has 0 radical (unpaired) electrons. The Bertz CT molecular complexity index is 1030. The van der Waals surface area contributed by atoms with E-state index in [0.717, 1.165) is 0 Å². The number of rotatable bonds is 4. The number of anilines is 1. The minimum absolute atomic E-state index is 0.136. The molecule has 0 amide bonds. The molecule has 0 aliphatic heterocycles. The number of nitrogens with zero attached hydrogens (tertiary/aromatic N) is 1. The molecule has 0 spiro atoms. The van der Waals surface area contributed by atoms with Crippen LogP contribution in [0.25, 0.3) is 0 Å². The van der Waals surface area contributed by atoms with Gasteiger partial charge < -0.3 is 26.7 Å². The molecule has 2 aliphatic rings. The lowest BCUT2D eigenvalue weighted by atomic mass is 9.87. The smallest absolute Gasteiger partial charge is 0.294 e. The van der Waals surface area contributed by atoms with Crippen LogP contribution < -0.4 is 10.9 Å². The van der Waals surface area contributed by atoms with Gasteiger partial charge in [0.15, 0.2) is 0 Å². The highest BCUT2D eigenvalue weighted by atomic mass is 32.2. The molecule has 4 N–H and O–H groups in total. The van der Waals surface area contributed by atoms with Gasteiger partial charge in [0, 0.05) is 11.6 Å². The number of nitrogens with one attached hydrogen (secondary N) is 3. The Morgan fingerprint density at radius 3 is 2.35 bits per heavy atom. The lowest BCUT2D eigenvalue weighted by Gasteiger charge is -2.23. The molecular formula is C16H13N4O5S-. The van der Waals surface area contributed by atoms with E-state index in [1.54, 1.807) is 6.08 Å². The van der Waals surface area contributed by atoms with Crippen molar-refractivity contribution in [2.24, 2.45) is 0 Å². The number of hydrazine groups is 1. The van der Waals surface area contributed by atoms with Crippen molar-refractivity contribution < 1.29 is 17.9 Å². The number of allylic oxidation sites excluding steroid dienone is 7. The second-order valence-corrected chi connectivity index (χ2v) is 6.79. The lowest BCUT2D eigenvalue weighted by Crippen LogP contribution is -2.29. The molecule has 0 saturated heterocycles. The predicted molar refractivity (Wildman–Crippen MR) is 96.1 cm³/mol. The van der Waals surface area contributed by atoms with Crippen molar-refractivity contribution >= 4 is 27.2 Å². The van der Waals surface area contributed by atoms with Crippen LogP contribution in [-0.2, 0) is 10.1 Å². The van der Waals surface area contributed by atoms with Crippen molar-refractivity contribution in [3.05, 3.63) is 81.9 Å². The largest absolute Gasteiger partial charge is 0.612 e.